The molecule has 15 heavy (non-hydrogen) atoms. The van der Waals surface area contributed by atoms with E-state index in [1.165, 1.54) is 19.3 Å². The van der Waals surface area contributed by atoms with Crippen LogP contribution in [-0.4, -0.2) is 22.4 Å². The first kappa shape index (κ1) is 13.0. The van der Waals surface area contributed by atoms with Crippen LogP contribution >= 0.6 is 0 Å². The maximum absolute atomic E-state index is 10.1. The Morgan fingerprint density at radius 2 is 1.80 bits per heavy atom. The molecule has 0 amide bonds. The van der Waals surface area contributed by atoms with E-state index < -0.39 is 12.2 Å². The van der Waals surface area contributed by atoms with Crippen LogP contribution in [0.15, 0.2) is 0 Å². The zero-order valence-corrected chi connectivity index (χ0v) is 10.2. The maximum Gasteiger partial charge on any atom is 0.0829 e. The SMILES string of the molecule is CCCC(O)C(O)C1CCCCC1CC. The molecule has 0 aromatic carbocycles. The second-order valence-corrected chi connectivity index (χ2v) is 4.96. The molecule has 0 bridgehead atoms. The molecule has 0 heterocycles. The first-order chi connectivity index (χ1) is 7.20. The van der Waals surface area contributed by atoms with Gasteiger partial charge in [0.2, 0.25) is 0 Å². The quantitative estimate of drug-likeness (QED) is 0.738. The molecular formula is C13H26O2. The third kappa shape index (κ3) is 3.46. The summed E-state index contributed by atoms with van der Waals surface area (Å²) in [6, 6.07) is 0. The largest absolute Gasteiger partial charge is 0.390 e. The lowest BCUT2D eigenvalue weighted by Crippen LogP contribution is -2.38. The summed E-state index contributed by atoms with van der Waals surface area (Å²) in [5, 5.41) is 20.0. The van der Waals surface area contributed by atoms with Gasteiger partial charge in [0, 0.05) is 0 Å². The van der Waals surface area contributed by atoms with E-state index in [2.05, 4.69) is 6.92 Å². The van der Waals surface area contributed by atoms with Crippen LogP contribution in [0.5, 0.6) is 0 Å². The Hall–Kier alpha value is -0.0800. The Kier molecular flexibility index (Phi) is 5.62. The second kappa shape index (κ2) is 6.49. The lowest BCUT2D eigenvalue weighted by Gasteiger charge is -2.36. The standard InChI is InChI=1S/C13H26O2/c1-3-7-12(14)13(15)11-9-6-5-8-10(11)4-2/h10-15H,3-9H2,1-2H3. The molecule has 90 valence electrons. The lowest BCUT2D eigenvalue weighted by molar-refractivity contribution is -0.0489. The van der Waals surface area contributed by atoms with Crippen molar-refractivity contribution in [1.82, 2.24) is 0 Å². The molecule has 0 radical (unpaired) electrons. The van der Waals surface area contributed by atoms with E-state index in [1.54, 1.807) is 0 Å². The summed E-state index contributed by atoms with van der Waals surface area (Å²) in [4.78, 5) is 0. The fourth-order valence-electron chi connectivity index (χ4n) is 2.94. The van der Waals surface area contributed by atoms with Gasteiger partial charge in [-0.25, -0.2) is 0 Å². The molecule has 4 unspecified atom stereocenters. The third-order valence-corrected chi connectivity index (χ3v) is 3.91. The molecule has 1 rings (SSSR count). The molecule has 1 aliphatic rings. The Balaban J connectivity index is 2.50. The summed E-state index contributed by atoms with van der Waals surface area (Å²) >= 11 is 0. The molecule has 0 aromatic heterocycles. The van der Waals surface area contributed by atoms with Gasteiger partial charge < -0.3 is 10.2 Å². The highest BCUT2D eigenvalue weighted by atomic mass is 16.3. The van der Waals surface area contributed by atoms with Crippen molar-refractivity contribution in [1.29, 1.82) is 0 Å². The maximum atomic E-state index is 10.1. The Bertz CT molecular complexity index is 170. The first-order valence-electron chi connectivity index (χ1n) is 6.56. The van der Waals surface area contributed by atoms with E-state index in [1.807, 2.05) is 6.92 Å². The van der Waals surface area contributed by atoms with E-state index in [0.717, 1.165) is 25.7 Å². The van der Waals surface area contributed by atoms with Crippen LogP contribution < -0.4 is 0 Å². The second-order valence-electron chi connectivity index (χ2n) is 4.96. The van der Waals surface area contributed by atoms with Crippen molar-refractivity contribution >= 4 is 0 Å². The van der Waals surface area contributed by atoms with Gasteiger partial charge in [-0.05, 0) is 24.7 Å². The van der Waals surface area contributed by atoms with Crippen molar-refractivity contribution in [2.24, 2.45) is 11.8 Å². The number of hydrogen-bond acceptors (Lipinski definition) is 2. The predicted octanol–water partition coefficient (Wildman–Crippen LogP) is 2.72. The lowest BCUT2D eigenvalue weighted by atomic mass is 9.73. The Morgan fingerprint density at radius 1 is 1.13 bits per heavy atom. The van der Waals surface area contributed by atoms with Crippen LogP contribution in [0, 0.1) is 11.8 Å². The monoisotopic (exact) mass is 214 g/mol. The summed E-state index contributed by atoms with van der Waals surface area (Å²) in [7, 11) is 0. The number of hydrogen-bond donors (Lipinski definition) is 2. The third-order valence-electron chi connectivity index (χ3n) is 3.91. The van der Waals surface area contributed by atoms with Crippen LogP contribution in [0.25, 0.3) is 0 Å². The van der Waals surface area contributed by atoms with Gasteiger partial charge in [0.1, 0.15) is 0 Å². The molecule has 0 aromatic rings. The van der Waals surface area contributed by atoms with Crippen LogP contribution in [0.4, 0.5) is 0 Å². The van der Waals surface area contributed by atoms with Crippen LogP contribution in [0.2, 0.25) is 0 Å². The van der Waals surface area contributed by atoms with Crippen molar-refractivity contribution in [3.63, 3.8) is 0 Å². The van der Waals surface area contributed by atoms with Crippen molar-refractivity contribution in [2.75, 3.05) is 0 Å². The highest BCUT2D eigenvalue weighted by Gasteiger charge is 2.32. The molecule has 1 fully saturated rings. The number of aliphatic hydroxyl groups excluding tert-OH is 2. The summed E-state index contributed by atoms with van der Waals surface area (Å²) in [6.45, 7) is 4.25. The van der Waals surface area contributed by atoms with Crippen LogP contribution in [-0.2, 0) is 0 Å². The molecule has 0 saturated heterocycles. The summed E-state index contributed by atoms with van der Waals surface area (Å²) in [5.74, 6) is 0.963. The summed E-state index contributed by atoms with van der Waals surface area (Å²) in [5.41, 5.74) is 0. The smallest absolute Gasteiger partial charge is 0.0829 e. The van der Waals surface area contributed by atoms with Crippen LogP contribution in [0.1, 0.15) is 58.8 Å². The highest BCUT2D eigenvalue weighted by molar-refractivity contribution is 4.83. The minimum absolute atomic E-state index is 0.338. The van der Waals surface area contributed by atoms with E-state index in [4.69, 9.17) is 0 Å². The zero-order valence-electron chi connectivity index (χ0n) is 10.2. The molecule has 0 spiro atoms. The molecule has 1 saturated carbocycles. The van der Waals surface area contributed by atoms with Crippen molar-refractivity contribution in [3.8, 4) is 0 Å². The molecule has 1 aliphatic carbocycles. The van der Waals surface area contributed by atoms with Gasteiger partial charge >= 0.3 is 0 Å². The first-order valence-corrected chi connectivity index (χ1v) is 6.56. The Morgan fingerprint density at radius 3 is 2.40 bits per heavy atom. The minimum atomic E-state index is -0.507. The molecule has 0 aliphatic heterocycles. The van der Waals surface area contributed by atoms with Gasteiger partial charge in [0.25, 0.3) is 0 Å². The minimum Gasteiger partial charge on any atom is -0.390 e. The Labute approximate surface area is 93.7 Å². The van der Waals surface area contributed by atoms with E-state index in [9.17, 15) is 10.2 Å². The van der Waals surface area contributed by atoms with E-state index in [0.29, 0.717) is 11.8 Å². The zero-order chi connectivity index (χ0) is 11.3. The van der Waals surface area contributed by atoms with Gasteiger partial charge in [0.05, 0.1) is 12.2 Å². The van der Waals surface area contributed by atoms with Gasteiger partial charge in [0.15, 0.2) is 0 Å². The van der Waals surface area contributed by atoms with Gasteiger partial charge in [-0.3, -0.25) is 0 Å². The van der Waals surface area contributed by atoms with Gasteiger partial charge in [-0.1, -0.05) is 46.0 Å². The van der Waals surface area contributed by atoms with E-state index >= 15 is 0 Å². The van der Waals surface area contributed by atoms with Gasteiger partial charge in [-0.15, -0.1) is 0 Å². The van der Waals surface area contributed by atoms with Crippen molar-refractivity contribution < 1.29 is 10.2 Å². The highest BCUT2D eigenvalue weighted by Crippen LogP contribution is 2.35. The summed E-state index contributed by atoms with van der Waals surface area (Å²) < 4.78 is 0. The van der Waals surface area contributed by atoms with Crippen molar-refractivity contribution in [3.05, 3.63) is 0 Å². The molecule has 4 atom stereocenters. The number of aliphatic hydroxyl groups is 2. The average Bonchev–Trinajstić information content (AvgIpc) is 2.28. The topological polar surface area (TPSA) is 40.5 Å². The molecule has 2 nitrogen and oxygen atoms in total. The van der Waals surface area contributed by atoms with Crippen molar-refractivity contribution in [2.45, 2.75) is 71.0 Å². The molecule has 2 N–H and O–H groups in total. The fourth-order valence-corrected chi connectivity index (χ4v) is 2.94. The average molecular weight is 214 g/mol. The number of rotatable bonds is 5. The summed E-state index contributed by atoms with van der Waals surface area (Å²) in [6.07, 6.45) is 6.67. The molecular weight excluding hydrogens is 188 g/mol. The van der Waals surface area contributed by atoms with E-state index in [-0.39, 0.29) is 0 Å². The normalized spacial score (nSPS) is 31.2. The molecule has 2 heteroatoms. The van der Waals surface area contributed by atoms with Gasteiger partial charge in [-0.2, -0.15) is 0 Å². The van der Waals surface area contributed by atoms with Crippen LogP contribution in [0.3, 0.4) is 0 Å². The predicted molar refractivity (Wildman–Crippen MR) is 62.7 cm³/mol. The fraction of sp³-hybridized carbons (Fsp3) is 1.00.